The summed E-state index contributed by atoms with van der Waals surface area (Å²) in [5, 5.41) is 3.96. The summed E-state index contributed by atoms with van der Waals surface area (Å²) in [7, 11) is 0. The summed E-state index contributed by atoms with van der Waals surface area (Å²) in [6.45, 7) is 1.10. The fourth-order valence-corrected chi connectivity index (χ4v) is 3.09. The van der Waals surface area contributed by atoms with Crippen molar-refractivity contribution in [3.8, 4) is 34.3 Å². The van der Waals surface area contributed by atoms with Crippen LogP contribution >= 0.6 is 0 Å². The molecule has 8 heteroatoms. The van der Waals surface area contributed by atoms with Crippen LogP contribution in [0.15, 0.2) is 53.1 Å². The van der Waals surface area contributed by atoms with Gasteiger partial charge in [0, 0.05) is 11.6 Å². The zero-order valence-electron chi connectivity index (χ0n) is 15.3. The highest BCUT2D eigenvalue weighted by Crippen LogP contribution is 2.35. The van der Waals surface area contributed by atoms with Crippen molar-refractivity contribution in [2.45, 2.75) is 12.7 Å². The van der Waals surface area contributed by atoms with Gasteiger partial charge in [-0.1, -0.05) is 17.3 Å². The molecule has 1 unspecified atom stereocenters. The van der Waals surface area contributed by atoms with Gasteiger partial charge in [-0.25, -0.2) is 4.79 Å². The molecule has 0 N–H and O–H groups in total. The van der Waals surface area contributed by atoms with E-state index in [-0.39, 0.29) is 13.2 Å². The fraction of sp³-hybridized carbons (Fsp3) is 0.238. The van der Waals surface area contributed by atoms with Crippen LogP contribution in [-0.4, -0.2) is 37.1 Å². The molecular weight excluding hydrogens is 378 g/mol. The quantitative estimate of drug-likeness (QED) is 0.623. The molecule has 5 rings (SSSR count). The molecule has 0 saturated heterocycles. The van der Waals surface area contributed by atoms with Gasteiger partial charge in [-0.05, 0) is 30.3 Å². The Hall–Kier alpha value is -3.68. The minimum atomic E-state index is -0.825. The molecule has 0 saturated carbocycles. The van der Waals surface area contributed by atoms with Crippen LogP contribution in [-0.2, 0) is 16.1 Å². The second kappa shape index (κ2) is 7.38. The molecule has 2 aliphatic heterocycles. The zero-order valence-corrected chi connectivity index (χ0v) is 15.3. The Labute approximate surface area is 165 Å². The molecule has 3 heterocycles. The summed E-state index contributed by atoms with van der Waals surface area (Å²) < 4.78 is 33.0. The fourth-order valence-electron chi connectivity index (χ4n) is 3.09. The van der Waals surface area contributed by atoms with Gasteiger partial charge in [0.2, 0.25) is 6.10 Å². The molecule has 0 spiro atoms. The molecule has 29 heavy (non-hydrogen) atoms. The monoisotopic (exact) mass is 395 g/mol. The average molecular weight is 395 g/mol. The number of para-hydroxylation sites is 2. The van der Waals surface area contributed by atoms with Gasteiger partial charge in [-0.3, -0.25) is 0 Å². The molecule has 0 bridgehead atoms. The normalized spacial score (nSPS) is 16.9. The Kier molecular flexibility index (Phi) is 4.44. The third-order valence-electron chi connectivity index (χ3n) is 4.52. The van der Waals surface area contributed by atoms with E-state index >= 15 is 0 Å². The van der Waals surface area contributed by atoms with Gasteiger partial charge < -0.3 is 28.2 Å². The summed E-state index contributed by atoms with van der Waals surface area (Å²) in [6.07, 6.45) is -0.825. The van der Waals surface area contributed by atoms with Crippen molar-refractivity contribution < 1.29 is 33.0 Å². The van der Waals surface area contributed by atoms with Gasteiger partial charge in [-0.2, -0.15) is 0 Å². The predicted molar refractivity (Wildman–Crippen MR) is 99.1 cm³/mol. The number of carbonyl (C=O) groups excluding carboxylic acids is 1. The molecule has 148 valence electrons. The molecule has 0 radical (unpaired) electrons. The van der Waals surface area contributed by atoms with E-state index in [1.807, 2.05) is 30.3 Å². The number of aromatic nitrogens is 1. The Morgan fingerprint density at radius 2 is 1.76 bits per heavy atom. The Morgan fingerprint density at radius 3 is 2.66 bits per heavy atom. The van der Waals surface area contributed by atoms with Gasteiger partial charge in [0.05, 0.1) is 0 Å². The van der Waals surface area contributed by atoms with E-state index in [9.17, 15) is 4.79 Å². The van der Waals surface area contributed by atoms with E-state index in [2.05, 4.69) is 5.16 Å². The average Bonchev–Trinajstić information content (AvgIpc) is 3.26. The molecular formula is C21H17NO7. The van der Waals surface area contributed by atoms with Crippen LogP contribution in [0.3, 0.4) is 0 Å². The van der Waals surface area contributed by atoms with E-state index < -0.39 is 12.1 Å². The Morgan fingerprint density at radius 1 is 0.966 bits per heavy atom. The van der Waals surface area contributed by atoms with Crippen molar-refractivity contribution in [3.63, 3.8) is 0 Å². The summed E-state index contributed by atoms with van der Waals surface area (Å²) in [5.41, 5.74) is 1.28. The lowest BCUT2D eigenvalue weighted by molar-refractivity contribution is -0.156. The molecule has 1 atom stereocenters. The molecule has 0 amide bonds. The van der Waals surface area contributed by atoms with E-state index in [1.54, 1.807) is 18.2 Å². The Bertz CT molecular complexity index is 1050. The van der Waals surface area contributed by atoms with Crippen molar-refractivity contribution in [2.75, 3.05) is 19.8 Å². The number of hydrogen-bond acceptors (Lipinski definition) is 8. The van der Waals surface area contributed by atoms with Crippen LogP contribution in [0.5, 0.6) is 23.0 Å². The van der Waals surface area contributed by atoms with E-state index in [0.717, 1.165) is 5.56 Å². The van der Waals surface area contributed by atoms with Crippen LogP contribution in [0.1, 0.15) is 5.69 Å². The number of ether oxygens (including phenoxy) is 5. The summed E-state index contributed by atoms with van der Waals surface area (Å²) in [6, 6.07) is 14.4. The van der Waals surface area contributed by atoms with Crippen LogP contribution in [0.25, 0.3) is 11.3 Å². The van der Waals surface area contributed by atoms with Crippen molar-refractivity contribution in [1.82, 2.24) is 5.16 Å². The lowest BCUT2D eigenvalue weighted by Gasteiger charge is -2.24. The second-order valence-electron chi connectivity index (χ2n) is 6.51. The number of carbonyl (C=O) groups is 1. The highest BCUT2D eigenvalue weighted by molar-refractivity contribution is 5.76. The molecule has 1 aromatic heterocycles. The second-order valence-corrected chi connectivity index (χ2v) is 6.51. The maximum absolute atomic E-state index is 12.3. The molecule has 8 nitrogen and oxygen atoms in total. The third-order valence-corrected chi connectivity index (χ3v) is 4.52. The number of fused-ring (bicyclic) bond motifs is 2. The largest absolute Gasteiger partial charge is 0.486 e. The highest BCUT2D eigenvalue weighted by atomic mass is 16.6. The van der Waals surface area contributed by atoms with Crippen LogP contribution in [0, 0.1) is 0 Å². The highest BCUT2D eigenvalue weighted by Gasteiger charge is 2.29. The number of esters is 1. The number of hydrogen-bond donors (Lipinski definition) is 0. The van der Waals surface area contributed by atoms with Gasteiger partial charge in [0.25, 0.3) is 0 Å². The maximum Gasteiger partial charge on any atom is 0.351 e. The number of nitrogens with zero attached hydrogens (tertiary/aromatic N) is 1. The third kappa shape index (κ3) is 3.56. The van der Waals surface area contributed by atoms with Crippen molar-refractivity contribution >= 4 is 5.97 Å². The molecule has 0 aliphatic carbocycles. The minimum absolute atomic E-state index is 0.0333. The molecule has 2 aliphatic rings. The summed E-state index contributed by atoms with van der Waals surface area (Å²) in [4.78, 5) is 12.3. The topological polar surface area (TPSA) is 89.3 Å². The van der Waals surface area contributed by atoms with E-state index in [4.69, 9.17) is 28.2 Å². The number of rotatable bonds is 4. The van der Waals surface area contributed by atoms with Gasteiger partial charge in [0.15, 0.2) is 28.8 Å². The number of benzene rings is 2. The van der Waals surface area contributed by atoms with Crippen LogP contribution in [0.4, 0.5) is 0 Å². The lowest BCUT2D eigenvalue weighted by atomic mass is 10.1. The van der Waals surface area contributed by atoms with E-state index in [1.165, 1.54) is 0 Å². The first-order valence-electron chi connectivity index (χ1n) is 9.17. The van der Waals surface area contributed by atoms with Gasteiger partial charge >= 0.3 is 5.97 Å². The van der Waals surface area contributed by atoms with Crippen molar-refractivity contribution in [2.24, 2.45) is 0 Å². The smallest absolute Gasteiger partial charge is 0.351 e. The maximum atomic E-state index is 12.3. The molecule has 3 aromatic rings. The van der Waals surface area contributed by atoms with E-state index in [0.29, 0.717) is 47.7 Å². The lowest BCUT2D eigenvalue weighted by Crippen LogP contribution is -2.37. The van der Waals surface area contributed by atoms with Crippen molar-refractivity contribution in [3.05, 3.63) is 54.2 Å². The van der Waals surface area contributed by atoms with Gasteiger partial charge in [-0.15, -0.1) is 0 Å². The van der Waals surface area contributed by atoms with Crippen LogP contribution in [0.2, 0.25) is 0 Å². The van der Waals surface area contributed by atoms with Crippen molar-refractivity contribution in [1.29, 1.82) is 0 Å². The van der Waals surface area contributed by atoms with Gasteiger partial charge in [0.1, 0.15) is 32.1 Å². The SMILES string of the molecule is O=C(OCc1cc(-c2ccc3c(c2)OCCO3)on1)C1COc2ccccc2O1. The van der Waals surface area contributed by atoms with Crippen LogP contribution < -0.4 is 18.9 Å². The first kappa shape index (κ1) is 17.4. The predicted octanol–water partition coefficient (Wildman–Crippen LogP) is 3.00. The standard InChI is InChI=1S/C21H17NO7/c23-21(20-12-26-15-3-1-2-4-17(15)28-20)27-11-14-10-18(29-22-14)13-5-6-16-19(9-13)25-8-7-24-16/h1-6,9-10,20H,7-8,11-12H2. The Balaban J connectivity index is 1.21. The molecule has 2 aromatic carbocycles. The molecule has 0 fully saturated rings. The zero-order chi connectivity index (χ0) is 19.6. The first-order valence-corrected chi connectivity index (χ1v) is 9.17. The first-order chi connectivity index (χ1) is 14.3. The summed E-state index contributed by atoms with van der Waals surface area (Å²) in [5.74, 6) is 2.50. The minimum Gasteiger partial charge on any atom is -0.486 e. The summed E-state index contributed by atoms with van der Waals surface area (Å²) >= 11 is 0.